The molecule has 0 radical (unpaired) electrons. The standard InChI is InChI=1S/C13H5F13O2/c1-2-28-9(27)10(12(21,22)23,13(24,25)26)3-5(14)7(16)4(11(18,19)20)8(17)6(3)15/h2H2,1H3. The molecule has 1 aromatic rings. The molecule has 0 aromatic heterocycles. The SMILES string of the molecule is CCOC(=O)C(c1c(F)c(F)c(C(F)(F)F)c(F)c1F)(C(F)(F)F)C(F)(F)F. The summed E-state index contributed by atoms with van der Waals surface area (Å²) in [6, 6.07) is 0. The summed E-state index contributed by atoms with van der Waals surface area (Å²) in [5.74, 6) is -18.1. The molecule has 0 aliphatic carbocycles. The average Bonchev–Trinajstić information content (AvgIpc) is 2.45. The largest absolute Gasteiger partial charge is 0.465 e. The second kappa shape index (κ2) is 6.99. The Bertz CT molecular complexity index is 730. The molecule has 15 heteroatoms. The van der Waals surface area contributed by atoms with E-state index in [0.29, 0.717) is 6.92 Å². The minimum atomic E-state index is -7.03. The van der Waals surface area contributed by atoms with Crippen molar-refractivity contribution in [2.45, 2.75) is 30.9 Å². The first-order valence-electron chi connectivity index (χ1n) is 6.61. The topological polar surface area (TPSA) is 26.3 Å². The van der Waals surface area contributed by atoms with Crippen molar-refractivity contribution in [1.82, 2.24) is 0 Å². The second-order valence-electron chi connectivity index (χ2n) is 4.97. The summed E-state index contributed by atoms with van der Waals surface area (Å²) < 4.78 is 176. The molecule has 0 atom stereocenters. The third-order valence-corrected chi connectivity index (χ3v) is 3.35. The molecule has 28 heavy (non-hydrogen) atoms. The Kier molecular flexibility index (Phi) is 5.94. The maximum Gasteiger partial charge on any atom is 0.422 e. The van der Waals surface area contributed by atoms with Crippen LogP contribution in [-0.2, 0) is 21.1 Å². The molecule has 0 bridgehead atoms. The van der Waals surface area contributed by atoms with Gasteiger partial charge in [-0.25, -0.2) is 17.6 Å². The quantitative estimate of drug-likeness (QED) is 0.368. The van der Waals surface area contributed by atoms with Gasteiger partial charge in [0.2, 0.25) is 0 Å². The molecule has 0 N–H and O–H groups in total. The van der Waals surface area contributed by atoms with Crippen molar-refractivity contribution >= 4 is 5.97 Å². The molecule has 0 heterocycles. The van der Waals surface area contributed by atoms with E-state index in [1.165, 1.54) is 0 Å². The predicted molar refractivity (Wildman–Crippen MR) is 61.7 cm³/mol. The van der Waals surface area contributed by atoms with E-state index in [-0.39, 0.29) is 0 Å². The van der Waals surface area contributed by atoms with Gasteiger partial charge < -0.3 is 4.74 Å². The highest BCUT2D eigenvalue weighted by molar-refractivity contribution is 5.86. The maximum atomic E-state index is 13.9. The minimum absolute atomic E-state index is 0.677. The number of esters is 1. The first-order chi connectivity index (χ1) is 12.4. The Hall–Kier alpha value is -2.22. The lowest BCUT2D eigenvalue weighted by atomic mass is 9.77. The van der Waals surface area contributed by atoms with Crippen LogP contribution in [0.4, 0.5) is 57.1 Å². The van der Waals surface area contributed by atoms with Crippen molar-refractivity contribution in [2.75, 3.05) is 6.61 Å². The minimum Gasteiger partial charge on any atom is -0.465 e. The predicted octanol–water partition coefficient (Wildman–Crippen LogP) is 5.19. The number of hydrogen-bond donors (Lipinski definition) is 0. The van der Waals surface area contributed by atoms with E-state index in [1.807, 2.05) is 0 Å². The van der Waals surface area contributed by atoms with Crippen LogP contribution in [0.1, 0.15) is 18.1 Å². The zero-order valence-corrected chi connectivity index (χ0v) is 12.9. The van der Waals surface area contributed by atoms with E-state index < -0.39 is 70.9 Å². The zero-order valence-electron chi connectivity index (χ0n) is 12.9. The molecule has 0 saturated heterocycles. The second-order valence-corrected chi connectivity index (χ2v) is 4.97. The van der Waals surface area contributed by atoms with Crippen molar-refractivity contribution in [3.63, 3.8) is 0 Å². The van der Waals surface area contributed by atoms with Gasteiger partial charge in [-0.1, -0.05) is 0 Å². The number of carbonyl (C=O) groups excluding carboxylic acids is 1. The third kappa shape index (κ3) is 3.34. The molecule has 0 aliphatic rings. The molecule has 0 fully saturated rings. The number of halogens is 13. The lowest BCUT2D eigenvalue weighted by Gasteiger charge is -2.35. The number of carbonyl (C=O) groups is 1. The van der Waals surface area contributed by atoms with Gasteiger partial charge in [0.25, 0.3) is 5.41 Å². The van der Waals surface area contributed by atoms with Gasteiger partial charge in [-0.2, -0.15) is 39.5 Å². The monoisotopic (exact) mass is 440 g/mol. The van der Waals surface area contributed by atoms with Crippen molar-refractivity contribution in [3.8, 4) is 0 Å². The lowest BCUT2D eigenvalue weighted by molar-refractivity contribution is -0.300. The summed E-state index contributed by atoms with van der Waals surface area (Å²) in [5, 5.41) is 0. The van der Waals surface area contributed by atoms with Gasteiger partial charge in [-0.15, -0.1) is 0 Å². The summed E-state index contributed by atoms with van der Waals surface area (Å²) in [6.45, 7) is -0.544. The number of rotatable bonds is 3. The molecule has 160 valence electrons. The molecule has 0 aliphatic heterocycles. The van der Waals surface area contributed by atoms with Gasteiger partial charge in [-0.05, 0) is 6.92 Å². The van der Waals surface area contributed by atoms with E-state index in [0.717, 1.165) is 0 Å². The highest BCUT2D eigenvalue weighted by Gasteiger charge is 2.79. The zero-order chi connectivity index (χ0) is 22.5. The summed E-state index contributed by atoms with van der Waals surface area (Å²) >= 11 is 0. The van der Waals surface area contributed by atoms with Crippen LogP contribution in [0.15, 0.2) is 0 Å². The van der Waals surface area contributed by atoms with Crippen LogP contribution in [0.2, 0.25) is 0 Å². The van der Waals surface area contributed by atoms with Crippen LogP contribution in [-0.4, -0.2) is 24.9 Å². The van der Waals surface area contributed by atoms with E-state index in [2.05, 4.69) is 4.74 Å². The Balaban J connectivity index is 4.28. The highest BCUT2D eigenvalue weighted by Crippen LogP contribution is 2.55. The molecule has 2 nitrogen and oxygen atoms in total. The first-order valence-corrected chi connectivity index (χ1v) is 6.61. The summed E-state index contributed by atoms with van der Waals surface area (Å²) in [4.78, 5) is 11.5. The molecule has 0 saturated carbocycles. The van der Waals surface area contributed by atoms with E-state index >= 15 is 0 Å². The summed E-state index contributed by atoms with van der Waals surface area (Å²) in [6.07, 6.45) is -20.3. The van der Waals surface area contributed by atoms with Crippen molar-refractivity contribution < 1.29 is 66.6 Å². The lowest BCUT2D eigenvalue weighted by Crippen LogP contribution is -2.61. The number of ether oxygens (including phenoxy) is 1. The molecule has 0 unspecified atom stereocenters. The van der Waals surface area contributed by atoms with Crippen LogP contribution in [0.3, 0.4) is 0 Å². The Morgan fingerprint density at radius 2 is 1.04 bits per heavy atom. The molecule has 1 rings (SSSR count). The fourth-order valence-electron chi connectivity index (χ4n) is 2.23. The molecule has 0 amide bonds. The Morgan fingerprint density at radius 1 is 0.714 bits per heavy atom. The maximum absolute atomic E-state index is 13.9. The van der Waals surface area contributed by atoms with Crippen LogP contribution >= 0.6 is 0 Å². The number of hydrogen-bond acceptors (Lipinski definition) is 2. The van der Waals surface area contributed by atoms with Gasteiger partial charge >= 0.3 is 24.5 Å². The van der Waals surface area contributed by atoms with Crippen LogP contribution in [0.5, 0.6) is 0 Å². The van der Waals surface area contributed by atoms with Gasteiger partial charge in [-0.3, -0.25) is 4.79 Å². The fraction of sp³-hybridized carbons (Fsp3) is 0.462. The smallest absolute Gasteiger partial charge is 0.422 e. The van der Waals surface area contributed by atoms with Crippen LogP contribution < -0.4 is 0 Å². The summed E-state index contributed by atoms with van der Waals surface area (Å²) in [5.41, 5.74) is -13.4. The summed E-state index contributed by atoms with van der Waals surface area (Å²) in [7, 11) is 0. The molecule has 0 spiro atoms. The van der Waals surface area contributed by atoms with Crippen LogP contribution in [0, 0.1) is 23.3 Å². The van der Waals surface area contributed by atoms with Crippen molar-refractivity contribution in [2.24, 2.45) is 0 Å². The van der Waals surface area contributed by atoms with Gasteiger partial charge in [0.05, 0.1) is 12.2 Å². The Morgan fingerprint density at radius 3 is 1.29 bits per heavy atom. The van der Waals surface area contributed by atoms with Crippen molar-refractivity contribution in [3.05, 3.63) is 34.4 Å². The molecule has 1 aromatic carbocycles. The number of alkyl halides is 9. The normalized spacial score (nSPS) is 13.6. The first kappa shape index (κ1) is 23.8. The molecular formula is C13H5F13O2. The van der Waals surface area contributed by atoms with E-state index in [1.54, 1.807) is 0 Å². The van der Waals surface area contributed by atoms with Gasteiger partial charge in [0, 0.05) is 0 Å². The Labute approximate surface area is 145 Å². The fourth-order valence-corrected chi connectivity index (χ4v) is 2.23. The van der Waals surface area contributed by atoms with E-state index in [9.17, 15) is 61.9 Å². The van der Waals surface area contributed by atoms with E-state index in [4.69, 9.17) is 0 Å². The van der Waals surface area contributed by atoms with Crippen LogP contribution in [0.25, 0.3) is 0 Å². The van der Waals surface area contributed by atoms with Crippen molar-refractivity contribution in [1.29, 1.82) is 0 Å². The van der Waals surface area contributed by atoms with Gasteiger partial charge in [0.1, 0.15) is 5.56 Å². The highest BCUT2D eigenvalue weighted by atomic mass is 19.4. The molecular weight excluding hydrogens is 435 g/mol. The third-order valence-electron chi connectivity index (χ3n) is 3.35. The number of benzene rings is 1. The van der Waals surface area contributed by atoms with Gasteiger partial charge in [0.15, 0.2) is 23.3 Å². The average molecular weight is 440 g/mol.